The zero-order chi connectivity index (χ0) is 20.4. The van der Waals surface area contributed by atoms with Crippen LogP contribution in [0.4, 0.5) is 0 Å². The molecule has 0 aliphatic rings. The zero-order valence-electron chi connectivity index (χ0n) is 15.7. The first-order valence-electron chi connectivity index (χ1n) is 9.17. The molecule has 0 bridgehead atoms. The standard InChI is InChI=1S/C23H18ClN3O2/c1-15(26-22(28)17-8-6-12-25-14-17)20-13-16-7-5-11-19(24)21(16)23(29)27(20)18-9-3-2-4-10-18/h2-15H,1H3,(H,26,28)/t15-/m0/s1. The molecule has 4 rings (SSSR count). The van der Waals surface area contributed by atoms with E-state index >= 15 is 0 Å². The van der Waals surface area contributed by atoms with Crippen LogP contribution in [0.1, 0.15) is 29.0 Å². The van der Waals surface area contributed by atoms with Gasteiger partial charge in [-0.1, -0.05) is 41.9 Å². The third kappa shape index (κ3) is 3.65. The van der Waals surface area contributed by atoms with E-state index in [1.54, 1.807) is 35.0 Å². The number of amides is 1. The lowest BCUT2D eigenvalue weighted by atomic mass is 10.1. The number of carbonyl (C=O) groups is 1. The molecule has 0 aliphatic carbocycles. The topological polar surface area (TPSA) is 64.0 Å². The van der Waals surface area contributed by atoms with E-state index in [4.69, 9.17) is 11.6 Å². The molecule has 0 unspecified atom stereocenters. The summed E-state index contributed by atoms with van der Waals surface area (Å²) in [5, 5.41) is 4.54. The Hall–Kier alpha value is -3.44. The van der Waals surface area contributed by atoms with E-state index in [2.05, 4.69) is 10.3 Å². The van der Waals surface area contributed by atoms with E-state index in [0.717, 1.165) is 5.39 Å². The molecule has 0 aliphatic heterocycles. The van der Waals surface area contributed by atoms with Crippen LogP contribution in [0.3, 0.4) is 0 Å². The summed E-state index contributed by atoms with van der Waals surface area (Å²) in [6.45, 7) is 1.85. The molecule has 2 heterocycles. The number of nitrogens with zero attached hydrogens (tertiary/aromatic N) is 2. The Morgan fingerprint density at radius 1 is 1.07 bits per heavy atom. The molecule has 1 amide bonds. The number of hydrogen-bond donors (Lipinski definition) is 1. The summed E-state index contributed by atoms with van der Waals surface area (Å²) in [5.41, 5.74) is 1.60. The Bertz CT molecular complexity index is 1240. The van der Waals surface area contributed by atoms with Crippen molar-refractivity contribution in [1.29, 1.82) is 0 Å². The maximum absolute atomic E-state index is 13.4. The second-order valence-corrected chi connectivity index (χ2v) is 7.09. The van der Waals surface area contributed by atoms with Gasteiger partial charge in [-0.15, -0.1) is 0 Å². The number of hydrogen-bond acceptors (Lipinski definition) is 3. The molecule has 5 nitrogen and oxygen atoms in total. The molecule has 29 heavy (non-hydrogen) atoms. The van der Waals surface area contributed by atoms with Crippen molar-refractivity contribution < 1.29 is 4.79 Å². The Morgan fingerprint density at radius 3 is 2.59 bits per heavy atom. The summed E-state index contributed by atoms with van der Waals surface area (Å²) in [5.74, 6) is -0.260. The van der Waals surface area contributed by atoms with Crippen molar-refractivity contribution in [2.75, 3.05) is 0 Å². The van der Waals surface area contributed by atoms with E-state index in [1.807, 2.05) is 49.4 Å². The summed E-state index contributed by atoms with van der Waals surface area (Å²) >= 11 is 6.33. The van der Waals surface area contributed by atoms with Gasteiger partial charge in [0, 0.05) is 23.8 Å². The molecule has 2 aromatic heterocycles. The molecule has 1 atom stereocenters. The number of para-hydroxylation sites is 1. The average Bonchev–Trinajstić information content (AvgIpc) is 2.74. The highest BCUT2D eigenvalue weighted by atomic mass is 35.5. The molecule has 0 radical (unpaired) electrons. The number of pyridine rings is 2. The van der Waals surface area contributed by atoms with Crippen LogP contribution in [-0.2, 0) is 0 Å². The maximum Gasteiger partial charge on any atom is 0.264 e. The fraction of sp³-hybridized carbons (Fsp3) is 0.0870. The Balaban J connectivity index is 1.86. The highest BCUT2D eigenvalue weighted by Gasteiger charge is 2.19. The van der Waals surface area contributed by atoms with E-state index < -0.39 is 6.04 Å². The van der Waals surface area contributed by atoms with Crippen LogP contribution in [0.5, 0.6) is 0 Å². The minimum absolute atomic E-state index is 0.225. The number of rotatable bonds is 4. The van der Waals surface area contributed by atoms with Gasteiger partial charge in [0.05, 0.1) is 22.0 Å². The van der Waals surface area contributed by atoms with E-state index in [1.165, 1.54) is 6.20 Å². The normalized spacial score (nSPS) is 11.9. The molecule has 1 N–H and O–H groups in total. The summed E-state index contributed by atoms with van der Waals surface area (Å²) in [6.07, 6.45) is 3.12. The molecule has 2 aromatic carbocycles. The number of nitrogens with one attached hydrogen (secondary N) is 1. The van der Waals surface area contributed by atoms with E-state index in [9.17, 15) is 9.59 Å². The fourth-order valence-electron chi connectivity index (χ4n) is 3.35. The van der Waals surface area contributed by atoms with Crippen LogP contribution < -0.4 is 10.9 Å². The Kier molecular flexibility index (Phi) is 5.14. The molecular formula is C23H18ClN3O2. The van der Waals surface area contributed by atoms with Crippen LogP contribution in [0.15, 0.2) is 83.9 Å². The first kappa shape index (κ1) is 18.9. The molecule has 144 valence electrons. The minimum Gasteiger partial charge on any atom is -0.344 e. The minimum atomic E-state index is -0.431. The second-order valence-electron chi connectivity index (χ2n) is 6.69. The number of carbonyl (C=O) groups excluding carboxylic acids is 1. The van der Waals surface area contributed by atoms with Crippen LogP contribution in [0.2, 0.25) is 5.02 Å². The van der Waals surface area contributed by atoms with Gasteiger partial charge in [0.15, 0.2) is 0 Å². The number of aromatic nitrogens is 2. The van der Waals surface area contributed by atoms with E-state index in [0.29, 0.717) is 27.4 Å². The van der Waals surface area contributed by atoms with E-state index in [-0.39, 0.29) is 11.5 Å². The summed E-state index contributed by atoms with van der Waals surface area (Å²) < 4.78 is 1.60. The number of benzene rings is 2. The quantitative estimate of drug-likeness (QED) is 0.544. The van der Waals surface area contributed by atoms with Crippen LogP contribution in [0.25, 0.3) is 16.5 Å². The molecule has 6 heteroatoms. The highest BCUT2D eigenvalue weighted by molar-refractivity contribution is 6.35. The zero-order valence-corrected chi connectivity index (χ0v) is 16.4. The Morgan fingerprint density at radius 2 is 1.86 bits per heavy atom. The lowest BCUT2D eigenvalue weighted by molar-refractivity contribution is 0.0938. The summed E-state index contributed by atoms with van der Waals surface area (Å²) in [7, 11) is 0. The SMILES string of the molecule is C[C@H](NC(=O)c1cccnc1)c1cc2cccc(Cl)c2c(=O)n1-c1ccccc1. The van der Waals surface area contributed by atoms with Gasteiger partial charge >= 0.3 is 0 Å². The average molecular weight is 404 g/mol. The van der Waals surface area contributed by atoms with Gasteiger partial charge < -0.3 is 5.32 Å². The monoisotopic (exact) mass is 403 g/mol. The smallest absolute Gasteiger partial charge is 0.264 e. The Labute approximate surface area is 172 Å². The third-order valence-corrected chi connectivity index (χ3v) is 5.07. The van der Waals surface area contributed by atoms with Gasteiger partial charge in [0.1, 0.15) is 0 Å². The summed E-state index contributed by atoms with van der Waals surface area (Å²) in [6, 6.07) is 19.5. The van der Waals surface area contributed by atoms with Crippen molar-refractivity contribution in [3.05, 3.63) is 106 Å². The van der Waals surface area contributed by atoms with Crippen LogP contribution in [-0.4, -0.2) is 15.5 Å². The van der Waals surface area contributed by atoms with Gasteiger partial charge in [-0.3, -0.25) is 19.1 Å². The van der Waals surface area contributed by atoms with Gasteiger partial charge in [0.25, 0.3) is 11.5 Å². The fourth-order valence-corrected chi connectivity index (χ4v) is 3.62. The predicted molar refractivity (Wildman–Crippen MR) is 115 cm³/mol. The molecule has 0 fully saturated rings. The maximum atomic E-state index is 13.4. The second kappa shape index (κ2) is 7.89. The molecule has 4 aromatic rings. The molecule has 0 saturated carbocycles. The molecule has 0 spiro atoms. The third-order valence-electron chi connectivity index (χ3n) is 4.75. The van der Waals surface area contributed by atoms with Crippen molar-refractivity contribution in [2.24, 2.45) is 0 Å². The predicted octanol–water partition coefficient (Wildman–Crippen LogP) is 4.53. The van der Waals surface area contributed by atoms with Crippen molar-refractivity contribution in [3.63, 3.8) is 0 Å². The largest absolute Gasteiger partial charge is 0.344 e. The number of halogens is 1. The van der Waals surface area contributed by atoms with Crippen molar-refractivity contribution in [2.45, 2.75) is 13.0 Å². The lowest BCUT2D eigenvalue weighted by Gasteiger charge is -2.21. The first-order valence-corrected chi connectivity index (χ1v) is 9.54. The van der Waals surface area contributed by atoms with Crippen molar-refractivity contribution in [3.8, 4) is 5.69 Å². The summed E-state index contributed by atoms with van der Waals surface area (Å²) in [4.78, 5) is 30.0. The highest BCUT2D eigenvalue weighted by Crippen LogP contribution is 2.25. The lowest BCUT2D eigenvalue weighted by Crippen LogP contribution is -2.32. The molecular weight excluding hydrogens is 386 g/mol. The van der Waals surface area contributed by atoms with Crippen LogP contribution in [0, 0.1) is 0 Å². The van der Waals surface area contributed by atoms with Crippen LogP contribution >= 0.6 is 11.6 Å². The van der Waals surface area contributed by atoms with Gasteiger partial charge in [-0.25, -0.2) is 0 Å². The first-order chi connectivity index (χ1) is 14.1. The van der Waals surface area contributed by atoms with Crippen molar-refractivity contribution in [1.82, 2.24) is 14.9 Å². The van der Waals surface area contributed by atoms with Gasteiger partial charge in [-0.05, 0) is 48.7 Å². The van der Waals surface area contributed by atoms with Gasteiger partial charge in [0.2, 0.25) is 0 Å². The number of fused-ring (bicyclic) bond motifs is 1. The molecule has 0 saturated heterocycles. The van der Waals surface area contributed by atoms with Crippen molar-refractivity contribution >= 4 is 28.3 Å². The van der Waals surface area contributed by atoms with Gasteiger partial charge in [-0.2, -0.15) is 0 Å².